The molecule has 1 fully saturated rings. The Balaban J connectivity index is 1.67. The number of allylic oxidation sites excluding steroid dienone is 1. The molecule has 0 bridgehead atoms. The number of aromatic nitrogens is 2. The molecule has 1 amide bonds. The van der Waals surface area contributed by atoms with E-state index in [-0.39, 0.29) is 28.1 Å². The SMILES string of the molecule is N#CC1=C(N)Oc2n[nH]c(-c3ccccc3)c2C1c1cc(Cl)cc(Cl)c1OC(=O)N1CCOCC1. The topological polar surface area (TPSA) is 126 Å². The molecule has 1 aromatic heterocycles. The van der Waals surface area contributed by atoms with E-state index in [2.05, 4.69) is 16.3 Å². The lowest BCUT2D eigenvalue weighted by molar-refractivity contribution is 0.0415. The zero-order chi connectivity index (χ0) is 24.5. The first kappa shape index (κ1) is 23.1. The smallest absolute Gasteiger partial charge is 0.415 e. The van der Waals surface area contributed by atoms with Gasteiger partial charge in [-0.15, -0.1) is 5.10 Å². The van der Waals surface area contributed by atoms with Crippen molar-refractivity contribution in [2.45, 2.75) is 5.92 Å². The van der Waals surface area contributed by atoms with Gasteiger partial charge in [0.25, 0.3) is 0 Å². The molecular weight excluding hydrogens is 493 g/mol. The molecule has 3 N–H and O–H groups in total. The van der Waals surface area contributed by atoms with Crippen molar-refractivity contribution in [2.24, 2.45) is 5.73 Å². The number of nitriles is 1. The molecule has 2 aromatic carbocycles. The number of nitrogens with two attached hydrogens (primary N) is 1. The summed E-state index contributed by atoms with van der Waals surface area (Å²) in [5, 5.41) is 17.7. The third kappa shape index (κ3) is 4.28. The molecular formula is C24H19Cl2N5O4. The van der Waals surface area contributed by atoms with Gasteiger partial charge in [0.05, 0.1) is 35.4 Å². The minimum Gasteiger partial charge on any atom is -0.420 e. The van der Waals surface area contributed by atoms with Crippen molar-refractivity contribution in [1.82, 2.24) is 15.1 Å². The standard InChI is InChI=1S/C24H19Cl2N5O4/c25-14-10-15(21(17(26)11-14)34-24(32)31-6-8-33-9-7-31)18-16(12-27)22(28)35-23-19(18)20(29-30-23)13-4-2-1-3-5-13/h1-5,10-11,18H,6-9,28H2,(H,29,30). The van der Waals surface area contributed by atoms with Gasteiger partial charge < -0.3 is 24.8 Å². The highest BCUT2D eigenvalue weighted by atomic mass is 35.5. The van der Waals surface area contributed by atoms with Gasteiger partial charge in [0.15, 0.2) is 5.75 Å². The van der Waals surface area contributed by atoms with Crippen molar-refractivity contribution in [3.05, 3.63) is 75.1 Å². The van der Waals surface area contributed by atoms with Crippen molar-refractivity contribution in [1.29, 1.82) is 5.26 Å². The number of ether oxygens (including phenoxy) is 3. The number of rotatable bonds is 3. The number of fused-ring (bicyclic) bond motifs is 1. The molecule has 178 valence electrons. The van der Waals surface area contributed by atoms with Crippen LogP contribution in [0.1, 0.15) is 17.0 Å². The maximum absolute atomic E-state index is 13.0. The summed E-state index contributed by atoms with van der Waals surface area (Å²) in [6.45, 7) is 1.59. The second kappa shape index (κ2) is 9.50. The number of hydrogen-bond acceptors (Lipinski definition) is 7. The summed E-state index contributed by atoms with van der Waals surface area (Å²) in [7, 11) is 0. The van der Waals surface area contributed by atoms with Gasteiger partial charge in [0, 0.05) is 23.7 Å². The summed E-state index contributed by atoms with van der Waals surface area (Å²) in [6, 6.07) is 14.6. The maximum Gasteiger partial charge on any atom is 0.415 e. The van der Waals surface area contributed by atoms with E-state index in [1.54, 1.807) is 6.07 Å². The second-order valence-electron chi connectivity index (χ2n) is 7.88. The van der Waals surface area contributed by atoms with Crippen LogP contribution in [0.5, 0.6) is 11.6 Å². The molecule has 5 rings (SSSR count). The lowest BCUT2D eigenvalue weighted by Crippen LogP contribution is -2.42. The number of morpholine rings is 1. The molecule has 2 aliphatic rings. The van der Waals surface area contributed by atoms with Crippen LogP contribution in [0.3, 0.4) is 0 Å². The monoisotopic (exact) mass is 511 g/mol. The summed E-state index contributed by atoms with van der Waals surface area (Å²) in [4.78, 5) is 14.5. The average molecular weight is 512 g/mol. The summed E-state index contributed by atoms with van der Waals surface area (Å²) < 4.78 is 16.8. The lowest BCUT2D eigenvalue weighted by atomic mass is 9.82. The van der Waals surface area contributed by atoms with Gasteiger partial charge in [0.1, 0.15) is 11.6 Å². The van der Waals surface area contributed by atoms with Crippen LogP contribution in [0.4, 0.5) is 4.79 Å². The summed E-state index contributed by atoms with van der Waals surface area (Å²) in [6.07, 6.45) is -0.586. The van der Waals surface area contributed by atoms with Crippen LogP contribution in [0, 0.1) is 11.3 Å². The van der Waals surface area contributed by atoms with Crippen molar-refractivity contribution >= 4 is 29.3 Å². The van der Waals surface area contributed by atoms with E-state index >= 15 is 0 Å². The number of amides is 1. The summed E-state index contributed by atoms with van der Waals surface area (Å²) in [5.41, 5.74) is 8.58. The fraction of sp³-hybridized carbons (Fsp3) is 0.208. The number of aromatic amines is 1. The van der Waals surface area contributed by atoms with Gasteiger partial charge in [-0.2, -0.15) is 5.26 Å². The Hall–Kier alpha value is -3.71. The van der Waals surface area contributed by atoms with Crippen molar-refractivity contribution < 1.29 is 19.0 Å². The van der Waals surface area contributed by atoms with E-state index in [9.17, 15) is 10.1 Å². The van der Waals surface area contributed by atoms with Gasteiger partial charge in [-0.25, -0.2) is 4.79 Å². The van der Waals surface area contributed by atoms with Crippen LogP contribution in [0.15, 0.2) is 53.9 Å². The van der Waals surface area contributed by atoms with Crippen LogP contribution >= 0.6 is 23.2 Å². The quantitative estimate of drug-likeness (QED) is 0.532. The van der Waals surface area contributed by atoms with Gasteiger partial charge >= 0.3 is 6.09 Å². The van der Waals surface area contributed by atoms with E-state index in [0.29, 0.717) is 48.1 Å². The van der Waals surface area contributed by atoms with E-state index in [4.69, 9.17) is 43.1 Å². The van der Waals surface area contributed by atoms with E-state index < -0.39 is 12.0 Å². The number of benzene rings is 2. The highest BCUT2D eigenvalue weighted by Crippen LogP contribution is 2.50. The van der Waals surface area contributed by atoms with Crippen LogP contribution in [0.25, 0.3) is 11.3 Å². The molecule has 1 unspecified atom stereocenters. The zero-order valence-corrected chi connectivity index (χ0v) is 19.8. The highest BCUT2D eigenvalue weighted by Gasteiger charge is 2.38. The molecule has 2 aliphatic heterocycles. The average Bonchev–Trinajstić information content (AvgIpc) is 3.29. The number of hydrogen-bond donors (Lipinski definition) is 2. The van der Waals surface area contributed by atoms with Crippen LogP contribution in [-0.2, 0) is 4.74 Å². The number of H-pyrrole nitrogens is 1. The Morgan fingerprint density at radius 2 is 1.97 bits per heavy atom. The first-order chi connectivity index (χ1) is 17.0. The molecule has 1 saturated heterocycles. The Kier molecular flexibility index (Phi) is 6.26. The highest BCUT2D eigenvalue weighted by molar-refractivity contribution is 6.35. The number of halogens is 2. The van der Waals surface area contributed by atoms with Gasteiger partial charge in [-0.1, -0.05) is 53.5 Å². The lowest BCUT2D eigenvalue weighted by Gasteiger charge is -2.28. The third-order valence-electron chi connectivity index (χ3n) is 5.81. The molecule has 0 radical (unpaired) electrons. The number of nitrogens with one attached hydrogen (secondary N) is 1. The Labute approximate surface area is 210 Å². The Bertz CT molecular complexity index is 1360. The van der Waals surface area contributed by atoms with E-state index in [1.165, 1.54) is 11.0 Å². The molecule has 35 heavy (non-hydrogen) atoms. The second-order valence-corrected chi connectivity index (χ2v) is 8.73. The van der Waals surface area contributed by atoms with E-state index in [0.717, 1.165) is 5.56 Å². The first-order valence-corrected chi connectivity index (χ1v) is 11.5. The molecule has 3 aromatic rings. The molecule has 1 atom stereocenters. The molecule has 3 heterocycles. The normalized spacial score (nSPS) is 17.4. The first-order valence-electron chi connectivity index (χ1n) is 10.7. The molecule has 9 nitrogen and oxygen atoms in total. The van der Waals surface area contributed by atoms with Gasteiger partial charge in [-0.3, -0.25) is 5.10 Å². The number of carbonyl (C=O) groups excluding carboxylic acids is 1. The van der Waals surface area contributed by atoms with Gasteiger partial charge in [-0.05, 0) is 17.7 Å². The fourth-order valence-corrected chi connectivity index (χ4v) is 4.73. The Morgan fingerprint density at radius 1 is 1.23 bits per heavy atom. The Morgan fingerprint density at radius 3 is 2.69 bits per heavy atom. The summed E-state index contributed by atoms with van der Waals surface area (Å²) in [5.74, 6) is -0.655. The molecule has 0 spiro atoms. The number of nitrogens with zero attached hydrogens (tertiary/aromatic N) is 3. The molecule has 0 aliphatic carbocycles. The maximum atomic E-state index is 13.0. The summed E-state index contributed by atoms with van der Waals surface area (Å²) >= 11 is 12.9. The predicted octanol–water partition coefficient (Wildman–Crippen LogP) is 4.43. The van der Waals surface area contributed by atoms with Gasteiger partial charge in [0.2, 0.25) is 11.8 Å². The fourth-order valence-electron chi connectivity index (χ4n) is 4.18. The minimum absolute atomic E-state index is 0.0752. The zero-order valence-electron chi connectivity index (χ0n) is 18.3. The molecule has 0 saturated carbocycles. The van der Waals surface area contributed by atoms with Crippen LogP contribution < -0.4 is 15.2 Å². The third-order valence-corrected chi connectivity index (χ3v) is 6.31. The van der Waals surface area contributed by atoms with Crippen molar-refractivity contribution in [2.75, 3.05) is 26.3 Å². The van der Waals surface area contributed by atoms with Crippen LogP contribution in [0.2, 0.25) is 10.0 Å². The van der Waals surface area contributed by atoms with Crippen LogP contribution in [-0.4, -0.2) is 47.5 Å². The molecule has 11 heteroatoms. The number of carbonyl (C=O) groups is 1. The van der Waals surface area contributed by atoms with E-state index in [1.807, 2.05) is 30.3 Å². The van der Waals surface area contributed by atoms with Crippen molar-refractivity contribution in [3.8, 4) is 29.0 Å². The van der Waals surface area contributed by atoms with Crippen molar-refractivity contribution in [3.63, 3.8) is 0 Å². The largest absolute Gasteiger partial charge is 0.420 e. The minimum atomic E-state index is -0.818. The predicted molar refractivity (Wildman–Crippen MR) is 128 cm³/mol.